The number of carbonyl (C=O) groups is 1. The van der Waals surface area contributed by atoms with Crippen molar-refractivity contribution in [2.75, 3.05) is 6.79 Å². The van der Waals surface area contributed by atoms with Crippen LogP contribution < -0.4 is 9.47 Å². The average molecular weight is 349 g/mol. The Morgan fingerprint density at radius 3 is 2.62 bits per heavy atom. The van der Waals surface area contributed by atoms with E-state index in [1.165, 1.54) is 6.26 Å². The van der Waals surface area contributed by atoms with E-state index in [4.69, 9.17) is 13.9 Å². The van der Waals surface area contributed by atoms with Crippen molar-refractivity contribution >= 4 is 5.91 Å². The molecule has 26 heavy (non-hydrogen) atoms. The molecule has 2 aromatic carbocycles. The summed E-state index contributed by atoms with van der Waals surface area (Å²) in [6.07, 6.45) is 1.51. The van der Waals surface area contributed by atoms with Crippen molar-refractivity contribution in [1.29, 1.82) is 0 Å². The molecule has 0 N–H and O–H groups in total. The minimum absolute atomic E-state index is 0.112. The molecule has 0 saturated carbocycles. The molecule has 5 nitrogen and oxygen atoms in total. The number of benzene rings is 2. The lowest BCUT2D eigenvalue weighted by Crippen LogP contribution is -2.33. The van der Waals surface area contributed by atoms with Crippen molar-refractivity contribution in [3.63, 3.8) is 0 Å². The van der Waals surface area contributed by atoms with Crippen LogP contribution in [0.4, 0.5) is 0 Å². The molecule has 0 spiro atoms. The lowest BCUT2D eigenvalue weighted by molar-refractivity contribution is 0.0641. The van der Waals surface area contributed by atoms with E-state index >= 15 is 0 Å². The van der Waals surface area contributed by atoms with Crippen molar-refractivity contribution in [2.45, 2.75) is 19.5 Å². The van der Waals surface area contributed by atoms with Gasteiger partial charge in [-0.3, -0.25) is 4.79 Å². The highest BCUT2D eigenvalue weighted by Crippen LogP contribution is 2.34. The molecule has 5 heteroatoms. The number of fused-ring (bicyclic) bond motifs is 1. The quantitative estimate of drug-likeness (QED) is 0.684. The highest BCUT2D eigenvalue weighted by atomic mass is 16.7. The first-order valence-corrected chi connectivity index (χ1v) is 8.50. The maximum Gasteiger partial charge on any atom is 0.290 e. The molecule has 3 aromatic rings. The number of carbonyl (C=O) groups excluding carboxylic acids is 1. The van der Waals surface area contributed by atoms with Gasteiger partial charge in [-0.2, -0.15) is 0 Å². The lowest BCUT2D eigenvalue weighted by Gasteiger charge is -2.29. The third-order valence-electron chi connectivity index (χ3n) is 4.53. The molecule has 1 aliphatic rings. The van der Waals surface area contributed by atoms with Crippen LogP contribution in [0.3, 0.4) is 0 Å². The van der Waals surface area contributed by atoms with Crippen molar-refractivity contribution in [1.82, 2.24) is 4.90 Å². The second-order valence-electron chi connectivity index (χ2n) is 6.18. The van der Waals surface area contributed by atoms with Crippen LogP contribution >= 0.6 is 0 Å². The Labute approximate surface area is 151 Å². The number of hydrogen-bond donors (Lipinski definition) is 0. The van der Waals surface area contributed by atoms with Gasteiger partial charge in [-0.15, -0.1) is 0 Å². The van der Waals surface area contributed by atoms with E-state index in [1.54, 1.807) is 17.0 Å². The zero-order chi connectivity index (χ0) is 17.9. The zero-order valence-corrected chi connectivity index (χ0v) is 14.4. The van der Waals surface area contributed by atoms with Gasteiger partial charge in [-0.1, -0.05) is 36.4 Å². The number of rotatable bonds is 5. The Bertz CT molecular complexity index is 890. The number of hydrogen-bond acceptors (Lipinski definition) is 4. The Kier molecular flexibility index (Phi) is 4.35. The molecule has 0 aliphatic carbocycles. The number of nitrogens with zero attached hydrogens (tertiary/aromatic N) is 1. The van der Waals surface area contributed by atoms with Crippen LogP contribution in [0.5, 0.6) is 11.5 Å². The maximum atomic E-state index is 13.0. The average Bonchev–Trinajstić information content (AvgIpc) is 3.37. The molecule has 2 heterocycles. The Morgan fingerprint density at radius 1 is 1.04 bits per heavy atom. The normalized spacial score (nSPS) is 13.4. The fraction of sp³-hybridized carbons (Fsp3) is 0.190. The van der Waals surface area contributed by atoms with Crippen molar-refractivity contribution < 1.29 is 18.7 Å². The second kappa shape index (κ2) is 6.96. The summed E-state index contributed by atoms with van der Waals surface area (Å²) < 4.78 is 16.2. The molecule has 132 valence electrons. The second-order valence-corrected chi connectivity index (χ2v) is 6.18. The smallest absolute Gasteiger partial charge is 0.290 e. The van der Waals surface area contributed by atoms with Crippen LogP contribution in [0.1, 0.15) is 34.6 Å². The van der Waals surface area contributed by atoms with Gasteiger partial charge >= 0.3 is 0 Å². The molecule has 1 aliphatic heterocycles. The monoisotopic (exact) mass is 349 g/mol. The fourth-order valence-electron chi connectivity index (χ4n) is 3.07. The fourth-order valence-corrected chi connectivity index (χ4v) is 3.07. The van der Waals surface area contributed by atoms with Crippen LogP contribution in [-0.4, -0.2) is 17.6 Å². The zero-order valence-electron chi connectivity index (χ0n) is 14.4. The topological polar surface area (TPSA) is 51.9 Å². The number of furan rings is 1. The minimum atomic E-state index is -0.149. The predicted molar refractivity (Wildman–Crippen MR) is 96.0 cm³/mol. The van der Waals surface area contributed by atoms with Crippen LogP contribution in [0.2, 0.25) is 0 Å². The van der Waals surface area contributed by atoms with Gasteiger partial charge in [0.2, 0.25) is 6.79 Å². The summed E-state index contributed by atoms with van der Waals surface area (Å²) in [7, 11) is 0. The van der Waals surface area contributed by atoms with E-state index < -0.39 is 0 Å². The highest BCUT2D eigenvalue weighted by molar-refractivity contribution is 5.91. The van der Waals surface area contributed by atoms with Crippen molar-refractivity contribution in [2.24, 2.45) is 0 Å². The van der Waals surface area contributed by atoms with Gasteiger partial charge in [-0.05, 0) is 42.3 Å². The summed E-state index contributed by atoms with van der Waals surface area (Å²) in [6, 6.07) is 19.0. The molecular formula is C21H19NO4. The molecule has 0 radical (unpaired) electrons. The molecule has 0 saturated heterocycles. The van der Waals surface area contributed by atoms with Gasteiger partial charge in [0.1, 0.15) is 0 Å². The SMILES string of the molecule is CC(c1ccccc1)N(Cc1ccc2c(c1)OCO2)C(=O)c1ccco1. The highest BCUT2D eigenvalue weighted by Gasteiger charge is 2.25. The maximum absolute atomic E-state index is 13.0. The van der Waals surface area contributed by atoms with E-state index in [0.29, 0.717) is 18.1 Å². The molecule has 1 amide bonds. The summed E-state index contributed by atoms with van der Waals surface area (Å²) in [6.45, 7) is 2.68. The molecule has 1 unspecified atom stereocenters. The predicted octanol–water partition coefficient (Wildman–Crippen LogP) is 4.41. The summed E-state index contributed by atoms with van der Waals surface area (Å²) in [4.78, 5) is 14.8. The Morgan fingerprint density at radius 2 is 1.85 bits per heavy atom. The van der Waals surface area contributed by atoms with Crippen molar-refractivity contribution in [3.05, 3.63) is 83.8 Å². The van der Waals surface area contributed by atoms with Gasteiger partial charge in [0.15, 0.2) is 17.3 Å². The molecule has 1 aromatic heterocycles. The summed E-state index contributed by atoms with van der Waals surface area (Å²) in [5.74, 6) is 1.62. The van der Waals surface area contributed by atoms with Crippen LogP contribution in [0, 0.1) is 0 Å². The van der Waals surface area contributed by atoms with Crippen molar-refractivity contribution in [3.8, 4) is 11.5 Å². The summed E-state index contributed by atoms with van der Waals surface area (Å²) >= 11 is 0. The summed E-state index contributed by atoms with van der Waals surface area (Å²) in [5, 5.41) is 0. The minimum Gasteiger partial charge on any atom is -0.459 e. The Hall–Kier alpha value is -3.21. The lowest BCUT2D eigenvalue weighted by atomic mass is 10.1. The largest absolute Gasteiger partial charge is 0.459 e. The molecule has 4 rings (SSSR count). The molecule has 0 bridgehead atoms. The first kappa shape index (κ1) is 16.3. The Balaban J connectivity index is 1.65. The third-order valence-corrected chi connectivity index (χ3v) is 4.53. The van der Waals surface area contributed by atoms with Crippen LogP contribution in [-0.2, 0) is 6.54 Å². The third kappa shape index (κ3) is 3.16. The van der Waals surface area contributed by atoms with E-state index in [9.17, 15) is 4.79 Å². The van der Waals surface area contributed by atoms with Gasteiger partial charge in [0.25, 0.3) is 5.91 Å². The molecular weight excluding hydrogens is 330 g/mol. The van der Waals surface area contributed by atoms with Crippen LogP contribution in [0.25, 0.3) is 0 Å². The van der Waals surface area contributed by atoms with E-state index in [1.807, 2.05) is 55.5 Å². The first-order valence-electron chi connectivity index (χ1n) is 8.50. The van der Waals surface area contributed by atoms with Crippen LogP contribution in [0.15, 0.2) is 71.3 Å². The van der Waals surface area contributed by atoms with E-state index in [2.05, 4.69) is 0 Å². The van der Waals surface area contributed by atoms with Gasteiger partial charge < -0.3 is 18.8 Å². The standard InChI is InChI=1S/C21H19NO4/c1-15(17-6-3-2-4-7-17)22(21(23)19-8-5-11-24-19)13-16-9-10-18-20(12-16)26-14-25-18/h2-12,15H,13-14H2,1H3. The van der Waals surface area contributed by atoms with Gasteiger partial charge in [0.05, 0.1) is 12.3 Å². The van der Waals surface area contributed by atoms with Gasteiger partial charge in [0, 0.05) is 6.54 Å². The summed E-state index contributed by atoms with van der Waals surface area (Å²) in [5.41, 5.74) is 2.03. The number of amides is 1. The first-order chi connectivity index (χ1) is 12.7. The number of ether oxygens (including phenoxy) is 2. The van der Waals surface area contributed by atoms with E-state index in [0.717, 1.165) is 16.9 Å². The van der Waals surface area contributed by atoms with Gasteiger partial charge in [-0.25, -0.2) is 0 Å². The van der Waals surface area contributed by atoms with E-state index in [-0.39, 0.29) is 18.7 Å². The molecule has 1 atom stereocenters. The molecule has 0 fully saturated rings.